The number of rotatable bonds is 34. The molecule has 0 aromatic carbocycles. The summed E-state index contributed by atoms with van der Waals surface area (Å²) < 4.78 is 0. The zero-order chi connectivity index (χ0) is 30.2. The lowest BCUT2D eigenvalue weighted by atomic mass is 10.0. The largest absolute Gasteiger partial charge is 0.356 e. The van der Waals surface area contributed by atoms with E-state index in [2.05, 4.69) is 43.0 Å². The maximum absolute atomic E-state index is 2.72. The Morgan fingerprint density at radius 1 is 0.310 bits per heavy atom. The van der Waals surface area contributed by atoms with Crippen LogP contribution in [0.15, 0.2) is 12.4 Å². The third-order valence-corrected chi connectivity index (χ3v) is 9.82. The Bertz CT molecular complexity index is 544. The first-order valence-electron chi connectivity index (χ1n) is 20.0. The molecule has 0 spiro atoms. The van der Waals surface area contributed by atoms with Gasteiger partial charge in [0.15, 0.2) is 0 Å². The van der Waals surface area contributed by atoms with Crippen LogP contribution in [0.1, 0.15) is 226 Å². The zero-order valence-electron chi connectivity index (χ0n) is 29.7. The van der Waals surface area contributed by atoms with Crippen LogP contribution in [0.3, 0.4) is 0 Å². The summed E-state index contributed by atoms with van der Waals surface area (Å²) in [5.41, 5.74) is 0. The Morgan fingerprint density at radius 3 is 0.833 bits per heavy atom. The van der Waals surface area contributed by atoms with E-state index in [1.807, 2.05) is 0 Å². The van der Waals surface area contributed by atoms with Crippen molar-refractivity contribution in [3.63, 3.8) is 0 Å². The van der Waals surface area contributed by atoms with E-state index >= 15 is 0 Å². The normalized spacial score (nSPS) is 15.0. The van der Waals surface area contributed by atoms with Gasteiger partial charge in [-0.25, -0.2) is 0 Å². The molecule has 1 heterocycles. The lowest BCUT2D eigenvalue weighted by molar-refractivity contribution is 0.135. The molecule has 0 fully saturated rings. The molecular weight excluding hydrogens is 508 g/mol. The predicted molar refractivity (Wildman–Crippen MR) is 191 cm³/mol. The van der Waals surface area contributed by atoms with Gasteiger partial charge in [-0.2, -0.15) is 0 Å². The monoisotopic (exact) mass is 589 g/mol. The molecule has 0 saturated heterocycles. The molecule has 0 aromatic rings. The van der Waals surface area contributed by atoms with E-state index in [1.54, 1.807) is 0 Å². The molecule has 0 bridgehead atoms. The van der Waals surface area contributed by atoms with Crippen molar-refractivity contribution < 1.29 is 0 Å². The molecular formula is C40H80N2. The molecule has 0 N–H and O–H groups in total. The van der Waals surface area contributed by atoms with Crippen LogP contribution < -0.4 is 0 Å². The van der Waals surface area contributed by atoms with Crippen molar-refractivity contribution in [2.24, 2.45) is 0 Å². The van der Waals surface area contributed by atoms with Crippen LogP contribution in [0.5, 0.6) is 0 Å². The summed E-state index contributed by atoms with van der Waals surface area (Å²) in [6, 6.07) is 0. The lowest BCUT2D eigenvalue weighted by Gasteiger charge is -2.33. The van der Waals surface area contributed by atoms with Gasteiger partial charge in [-0.3, -0.25) is 0 Å². The quantitative estimate of drug-likeness (QED) is 0.0690. The third-order valence-electron chi connectivity index (χ3n) is 9.82. The molecule has 0 aromatic heterocycles. The second kappa shape index (κ2) is 31.8. The average Bonchev–Trinajstić information content (AvgIpc) is 3.38. The molecule has 0 saturated carbocycles. The molecule has 1 rings (SSSR count). The molecule has 0 aliphatic carbocycles. The first-order chi connectivity index (χ1) is 20.8. The van der Waals surface area contributed by atoms with E-state index in [4.69, 9.17) is 0 Å². The summed E-state index contributed by atoms with van der Waals surface area (Å²) in [4.78, 5) is 5.44. The van der Waals surface area contributed by atoms with Gasteiger partial charge in [0.25, 0.3) is 0 Å². The summed E-state index contributed by atoms with van der Waals surface area (Å²) in [7, 11) is 0. The van der Waals surface area contributed by atoms with Gasteiger partial charge in [-0.05, 0) is 25.7 Å². The van der Waals surface area contributed by atoms with E-state index < -0.39 is 0 Å². The van der Waals surface area contributed by atoms with E-state index in [0.29, 0.717) is 6.17 Å². The number of nitrogens with zero attached hydrogens (tertiary/aromatic N) is 2. The Labute approximate surface area is 267 Å². The van der Waals surface area contributed by atoms with Crippen LogP contribution in [-0.4, -0.2) is 29.1 Å². The van der Waals surface area contributed by atoms with Gasteiger partial charge in [-0.1, -0.05) is 201 Å². The molecule has 250 valence electrons. The molecule has 1 aliphatic heterocycles. The van der Waals surface area contributed by atoms with Crippen LogP contribution in [0.4, 0.5) is 0 Å². The minimum atomic E-state index is 0.640. The van der Waals surface area contributed by atoms with Gasteiger partial charge in [0.05, 0.1) is 0 Å². The number of hydrogen-bond acceptors (Lipinski definition) is 2. The SMILES string of the molecule is CCCCCCCCCCCCCCN1C=CN(CCCCCCCCCCCC)C1CCCCCCCCCCC. The number of hydrogen-bond donors (Lipinski definition) is 0. The van der Waals surface area contributed by atoms with Gasteiger partial charge >= 0.3 is 0 Å². The fourth-order valence-electron chi connectivity index (χ4n) is 6.89. The molecule has 1 aliphatic rings. The highest BCUT2D eigenvalue weighted by atomic mass is 15.4. The molecule has 0 radical (unpaired) electrons. The van der Waals surface area contributed by atoms with E-state index in [1.165, 1.54) is 219 Å². The van der Waals surface area contributed by atoms with Crippen molar-refractivity contribution >= 4 is 0 Å². The summed E-state index contributed by atoms with van der Waals surface area (Å²) >= 11 is 0. The van der Waals surface area contributed by atoms with E-state index in [0.717, 1.165) is 0 Å². The molecule has 42 heavy (non-hydrogen) atoms. The van der Waals surface area contributed by atoms with Crippen LogP contribution in [0, 0.1) is 0 Å². The van der Waals surface area contributed by atoms with Gasteiger partial charge in [0.1, 0.15) is 6.17 Å². The Hall–Kier alpha value is -0.660. The summed E-state index contributed by atoms with van der Waals surface area (Å²) in [5.74, 6) is 0. The van der Waals surface area contributed by atoms with E-state index in [9.17, 15) is 0 Å². The Kier molecular flexibility index (Phi) is 29.8. The van der Waals surface area contributed by atoms with Crippen molar-refractivity contribution in [2.75, 3.05) is 13.1 Å². The summed E-state index contributed by atoms with van der Waals surface area (Å²) in [6.07, 6.45) is 51.4. The van der Waals surface area contributed by atoms with Crippen molar-refractivity contribution in [1.29, 1.82) is 0 Å². The molecule has 0 amide bonds. The zero-order valence-corrected chi connectivity index (χ0v) is 29.7. The molecule has 1 unspecified atom stereocenters. The first-order valence-corrected chi connectivity index (χ1v) is 20.0. The van der Waals surface area contributed by atoms with Crippen molar-refractivity contribution in [3.05, 3.63) is 12.4 Å². The van der Waals surface area contributed by atoms with Gasteiger partial charge < -0.3 is 9.80 Å². The maximum Gasteiger partial charge on any atom is 0.101 e. The standard InChI is InChI=1S/C40H80N2/c1-4-7-10-13-16-19-21-22-25-28-31-34-37-42-39-38-41(36-33-30-27-24-20-17-14-11-8-5-2)40(42)35-32-29-26-23-18-15-12-9-6-3/h38-40H,4-37H2,1-3H3. The van der Waals surface area contributed by atoms with Crippen molar-refractivity contribution in [2.45, 2.75) is 232 Å². The van der Waals surface area contributed by atoms with E-state index in [-0.39, 0.29) is 0 Å². The van der Waals surface area contributed by atoms with Crippen molar-refractivity contribution in [1.82, 2.24) is 9.80 Å². The minimum absolute atomic E-state index is 0.640. The summed E-state index contributed by atoms with van der Waals surface area (Å²) in [6.45, 7) is 9.48. The van der Waals surface area contributed by atoms with Gasteiger partial charge in [0.2, 0.25) is 0 Å². The maximum atomic E-state index is 2.72. The highest BCUT2D eigenvalue weighted by Gasteiger charge is 2.24. The predicted octanol–water partition coefficient (Wildman–Crippen LogP) is 13.9. The second-order valence-electron chi connectivity index (χ2n) is 13.9. The third kappa shape index (κ3) is 23.8. The van der Waals surface area contributed by atoms with Crippen molar-refractivity contribution in [3.8, 4) is 0 Å². The van der Waals surface area contributed by atoms with Crippen LogP contribution in [0.2, 0.25) is 0 Å². The smallest absolute Gasteiger partial charge is 0.101 e. The Balaban J connectivity index is 2.22. The highest BCUT2D eigenvalue weighted by Crippen LogP contribution is 2.24. The fourth-order valence-corrected chi connectivity index (χ4v) is 6.89. The molecule has 2 nitrogen and oxygen atoms in total. The molecule has 2 heteroatoms. The highest BCUT2D eigenvalue weighted by molar-refractivity contribution is 4.97. The average molecular weight is 589 g/mol. The van der Waals surface area contributed by atoms with Crippen LogP contribution in [0.25, 0.3) is 0 Å². The van der Waals surface area contributed by atoms with Gasteiger partial charge in [0, 0.05) is 25.5 Å². The minimum Gasteiger partial charge on any atom is -0.356 e. The summed E-state index contributed by atoms with van der Waals surface area (Å²) in [5, 5.41) is 0. The number of unbranched alkanes of at least 4 members (excludes halogenated alkanes) is 28. The fraction of sp³-hybridized carbons (Fsp3) is 0.950. The van der Waals surface area contributed by atoms with Gasteiger partial charge in [-0.15, -0.1) is 0 Å². The van der Waals surface area contributed by atoms with Crippen LogP contribution >= 0.6 is 0 Å². The Morgan fingerprint density at radius 2 is 0.548 bits per heavy atom. The topological polar surface area (TPSA) is 6.48 Å². The first kappa shape index (κ1) is 39.4. The second-order valence-corrected chi connectivity index (χ2v) is 13.9. The molecule has 1 atom stereocenters. The van der Waals surface area contributed by atoms with Crippen LogP contribution in [-0.2, 0) is 0 Å². The lowest BCUT2D eigenvalue weighted by Crippen LogP contribution is -2.39.